The molecule has 0 bridgehead atoms. The van der Waals surface area contributed by atoms with E-state index in [0.29, 0.717) is 21.9 Å². The number of nitrogens with two attached hydrogens (primary N) is 1. The van der Waals surface area contributed by atoms with Crippen molar-refractivity contribution in [1.29, 1.82) is 0 Å². The van der Waals surface area contributed by atoms with Gasteiger partial charge in [-0.2, -0.15) is 5.10 Å². The highest BCUT2D eigenvalue weighted by molar-refractivity contribution is 7.21. The molecule has 0 aliphatic heterocycles. The van der Waals surface area contributed by atoms with Crippen molar-refractivity contribution in [3.05, 3.63) is 39.0 Å². The van der Waals surface area contributed by atoms with Crippen molar-refractivity contribution >= 4 is 44.5 Å². The van der Waals surface area contributed by atoms with Crippen molar-refractivity contribution in [2.75, 3.05) is 5.73 Å². The van der Waals surface area contributed by atoms with Gasteiger partial charge >= 0.3 is 0 Å². The Bertz CT molecular complexity index is 778. The van der Waals surface area contributed by atoms with Crippen molar-refractivity contribution < 1.29 is 4.79 Å². The maximum absolute atomic E-state index is 12.2. The topological polar surface area (TPSA) is 80.9 Å². The zero-order valence-corrected chi connectivity index (χ0v) is 12.3. The number of nitrogens with one attached hydrogen (secondary N) is 1. The molecule has 0 aliphatic rings. The summed E-state index contributed by atoms with van der Waals surface area (Å²) in [6.07, 6.45) is 1.57. The molecule has 5 nitrogen and oxygen atoms in total. The predicted octanol–water partition coefficient (Wildman–Crippen LogP) is 2.57. The zero-order chi connectivity index (χ0) is 14.1. The summed E-state index contributed by atoms with van der Waals surface area (Å²) in [5.74, 6) is -0.170. The van der Waals surface area contributed by atoms with Gasteiger partial charge in [-0.15, -0.1) is 27.8 Å². The summed E-state index contributed by atoms with van der Waals surface area (Å²) in [5, 5.41) is 11.4. The van der Waals surface area contributed by atoms with Gasteiger partial charge in [0.2, 0.25) is 0 Å². The Morgan fingerprint density at radius 1 is 1.35 bits per heavy atom. The minimum Gasteiger partial charge on any atom is -0.397 e. The van der Waals surface area contributed by atoms with Gasteiger partial charge in [0.1, 0.15) is 9.71 Å². The van der Waals surface area contributed by atoms with E-state index < -0.39 is 0 Å². The van der Waals surface area contributed by atoms with E-state index in [0.717, 1.165) is 10.3 Å². The number of aryl methyl sites for hydroxylation is 1. The summed E-state index contributed by atoms with van der Waals surface area (Å²) < 4.78 is 0. The smallest absolute Gasteiger partial charge is 0.263 e. The van der Waals surface area contributed by atoms with Crippen LogP contribution in [0.15, 0.2) is 24.4 Å². The van der Waals surface area contributed by atoms with E-state index in [9.17, 15) is 4.79 Å². The fourth-order valence-electron chi connectivity index (χ4n) is 1.87. The molecule has 0 aromatic carbocycles. The Kier molecular flexibility index (Phi) is 3.37. The highest BCUT2D eigenvalue weighted by atomic mass is 32.1. The van der Waals surface area contributed by atoms with Crippen LogP contribution in [0.2, 0.25) is 0 Å². The van der Waals surface area contributed by atoms with Crippen LogP contribution in [-0.2, 0) is 6.54 Å². The average molecular weight is 304 g/mol. The van der Waals surface area contributed by atoms with Crippen molar-refractivity contribution in [3.8, 4) is 0 Å². The van der Waals surface area contributed by atoms with Crippen LogP contribution in [0.3, 0.4) is 0 Å². The molecule has 3 rings (SSSR count). The molecular weight excluding hydrogens is 292 g/mol. The first-order valence-corrected chi connectivity index (χ1v) is 7.61. The molecule has 3 heterocycles. The molecule has 0 saturated carbocycles. The number of nitrogen functional groups attached to an aromatic ring is 1. The number of thiophene rings is 2. The number of rotatable bonds is 3. The second kappa shape index (κ2) is 5.18. The van der Waals surface area contributed by atoms with Gasteiger partial charge in [0.15, 0.2) is 0 Å². The molecule has 3 aromatic heterocycles. The van der Waals surface area contributed by atoms with Crippen molar-refractivity contribution in [2.24, 2.45) is 0 Å². The van der Waals surface area contributed by atoms with E-state index in [2.05, 4.69) is 15.5 Å². The first-order chi connectivity index (χ1) is 9.65. The Morgan fingerprint density at radius 3 is 2.90 bits per heavy atom. The van der Waals surface area contributed by atoms with Crippen LogP contribution in [0.1, 0.15) is 19.4 Å². The van der Waals surface area contributed by atoms with Crippen LogP contribution in [0.25, 0.3) is 10.2 Å². The Hall–Kier alpha value is -1.99. The molecule has 0 fully saturated rings. The standard InChI is InChI=1S/C13H12N4OS2/c1-7-2-3-8(19-7)6-15-12(18)11-10(14)9-4-5-16-17-13(9)20-11/h2-5H,6,14H2,1H3,(H,15,18). The van der Waals surface area contributed by atoms with Gasteiger partial charge in [-0.25, -0.2) is 0 Å². The third-order valence-electron chi connectivity index (χ3n) is 2.85. The van der Waals surface area contributed by atoms with Gasteiger partial charge in [0.25, 0.3) is 5.91 Å². The number of hydrogen-bond donors (Lipinski definition) is 2. The monoisotopic (exact) mass is 304 g/mol. The molecule has 0 aliphatic carbocycles. The van der Waals surface area contributed by atoms with E-state index in [1.807, 2.05) is 19.1 Å². The van der Waals surface area contributed by atoms with E-state index in [1.165, 1.54) is 16.2 Å². The average Bonchev–Trinajstić information content (AvgIpc) is 3.01. The first kappa shape index (κ1) is 13.0. The summed E-state index contributed by atoms with van der Waals surface area (Å²) in [7, 11) is 0. The van der Waals surface area contributed by atoms with E-state index in [-0.39, 0.29) is 5.91 Å². The third-order valence-corrected chi connectivity index (χ3v) is 4.95. The predicted molar refractivity (Wildman–Crippen MR) is 82.1 cm³/mol. The lowest BCUT2D eigenvalue weighted by Crippen LogP contribution is -2.22. The lowest BCUT2D eigenvalue weighted by Gasteiger charge is -2.02. The van der Waals surface area contributed by atoms with Crippen LogP contribution >= 0.6 is 22.7 Å². The molecule has 1 amide bonds. The Balaban J connectivity index is 1.80. The number of carbonyl (C=O) groups is 1. The molecule has 102 valence electrons. The fraction of sp³-hybridized carbons (Fsp3) is 0.154. The molecule has 3 N–H and O–H groups in total. The first-order valence-electron chi connectivity index (χ1n) is 5.98. The summed E-state index contributed by atoms with van der Waals surface area (Å²) in [4.78, 5) is 15.7. The summed E-state index contributed by atoms with van der Waals surface area (Å²) in [6, 6.07) is 5.82. The normalized spacial score (nSPS) is 10.8. The van der Waals surface area contributed by atoms with Crippen LogP contribution in [0.4, 0.5) is 5.69 Å². The number of aromatic nitrogens is 2. The zero-order valence-electron chi connectivity index (χ0n) is 10.7. The summed E-state index contributed by atoms with van der Waals surface area (Å²) >= 11 is 2.93. The number of hydrogen-bond acceptors (Lipinski definition) is 6. The molecule has 0 spiro atoms. The van der Waals surface area contributed by atoms with Crippen LogP contribution < -0.4 is 11.1 Å². The van der Waals surface area contributed by atoms with Crippen LogP contribution in [0, 0.1) is 6.92 Å². The van der Waals surface area contributed by atoms with Crippen LogP contribution in [-0.4, -0.2) is 16.1 Å². The number of amides is 1. The molecule has 20 heavy (non-hydrogen) atoms. The maximum atomic E-state index is 12.2. The van der Waals surface area contributed by atoms with Gasteiger partial charge in [0, 0.05) is 15.1 Å². The Labute approximate surface area is 123 Å². The van der Waals surface area contributed by atoms with E-state index >= 15 is 0 Å². The van der Waals surface area contributed by atoms with Crippen molar-refractivity contribution in [1.82, 2.24) is 15.5 Å². The third kappa shape index (κ3) is 2.37. The minimum absolute atomic E-state index is 0.170. The van der Waals surface area contributed by atoms with E-state index in [4.69, 9.17) is 5.73 Å². The largest absolute Gasteiger partial charge is 0.397 e. The van der Waals surface area contributed by atoms with E-state index in [1.54, 1.807) is 23.6 Å². The number of carbonyl (C=O) groups excluding carboxylic acids is 1. The van der Waals surface area contributed by atoms with Gasteiger partial charge in [-0.05, 0) is 25.1 Å². The minimum atomic E-state index is -0.170. The lowest BCUT2D eigenvalue weighted by molar-refractivity contribution is 0.0956. The van der Waals surface area contributed by atoms with Gasteiger partial charge in [0.05, 0.1) is 18.4 Å². The molecule has 0 radical (unpaired) electrons. The molecular formula is C13H12N4OS2. The molecule has 0 unspecified atom stereocenters. The maximum Gasteiger partial charge on any atom is 0.263 e. The van der Waals surface area contributed by atoms with Gasteiger partial charge in [-0.3, -0.25) is 4.79 Å². The molecule has 3 aromatic rings. The fourth-order valence-corrected chi connectivity index (χ4v) is 3.65. The second-order valence-corrected chi connectivity index (χ2v) is 6.66. The van der Waals surface area contributed by atoms with Crippen LogP contribution in [0.5, 0.6) is 0 Å². The number of nitrogens with zero attached hydrogens (tertiary/aromatic N) is 2. The second-order valence-electron chi connectivity index (χ2n) is 4.29. The summed E-state index contributed by atoms with van der Waals surface area (Å²) in [6.45, 7) is 2.55. The molecule has 0 atom stereocenters. The molecule has 7 heteroatoms. The molecule has 0 saturated heterocycles. The summed E-state index contributed by atoms with van der Waals surface area (Å²) in [5.41, 5.74) is 6.47. The SMILES string of the molecule is Cc1ccc(CNC(=O)c2sc3nnccc3c2N)s1. The van der Waals surface area contributed by atoms with Gasteiger partial charge in [-0.1, -0.05) is 0 Å². The Morgan fingerprint density at radius 2 is 2.20 bits per heavy atom. The van der Waals surface area contributed by atoms with Crippen molar-refractivity contribution in [2.45, 2.75) is 13.5 Å². The lowest BCUT2D eigenvalue weighted by atomic mass is 10.3. The quantitative estimate of drug-likeness (QED) is 0.779. The highest BCUT2D eigenvalue weighted by Crippen LogP contribution is 2.31. The number of anilines is 1. The highest BCUT2D eigenvalue weighted by Gasteiger charge is 2.17. The van der Waals surface area contributed by atoms with Gasteiger partial charge < -0.3 is 11.1 Å². The number of fused-ring (bicyclic) bond motifs is 1. The van der Waals surface area contributed by atoms with Crippen molar-refractivity contribution in [3.63, 3.8) is 0 Å².